The number of aromatic hydroxyl groups is 1. The molecule has 1 aliphatic heterocycles. The van der Waals surface area contributed by atoms with E-state index in [2.05, 4.69) is 5.32 Å². The second-order valence-electron chi connectivity index (χ2n) is 7.90. The molecule has 0 saturated carbocycles. The summed E-state index contributed by atoms with van der Waals surface area (Å²) >= 11 is 0. The fraction of sp³-hybridized carbons (Fsp3) is 0.391. The molecule has 1 heterocycles. The van der Waals surface area contributed by atoms with Gasteiger partial charge in [-0.15, -0.1) is 0 Å². The van der Waals surface area contributed by atoms with Crippen molar-refractivity contribution >= 4 is 11.8 Å². The first-order chi connectivity index (χ1) is 14.3. The Bertz CT molecular complexity index is 921. The first-order valence-corrected chi connectivity index (χ1v) is 10.2. The van der Waals surface area contributed by atoms with Gasteiger partial charge in [-0.05, 0) is 60.2 Å². The molecule has 0 saturated heterocycles. The second kappa shape index (κ2) is 9.28. The number of hydrogen-bond acceptors (Lipinski definition) is 5. The van der Waals surface area contributed by atoms with Crippen LogP contribution in [0.25, 0.3) is 0 Å². The summed E-state index contributed by atoms with van der Waals surface area (Å²) in [6, 6.07) is 9.76. The molecule has 2 aromatic carbocycles. The summed E-state index contributed by atoms with van der Waals surface area (Å²) in [5.74, 6) is -0.283. The first kappa shape index (κ1) is 21.8. The summed E-state index contributed by atoms with van der Waals surface area (Å²) in [5, 5.41) is 12.6. The van der Waals surface area contributed by atoms with Crippen molar-refractivity contribution in [3.63, 3.8) is 0 Å². The van der Waals surface area contributed by atoms with E-state index < -0.39 is 12.1 Å². The molecule has 0 radical (unpaired) electrons. The van der Waals surface area contributed by atoms with E-state index in [1.165, 1.54) is 0 Å². The van der Waals surface area contributed by atoms with Gasteiger partial charge in [-0.1, -0.05) is 24.3 Å². The summed E-state index contributed by atoms with van der Waals surface area (Å²) in [5.41, 5.74) is 16.7. The fourth-order valence-electron chi connectivity index (χ4n) is 4.11. The summed E-state index contributed by atoms with van der Waals surface area (Å²) in [6.45, 7) is 4.81. The van der Waals surface area contributed by atoms with Crippen LogP contribution in [-0.4, -0.2) is 47.0 Å². The molecule has 7 heteroatoms. The van der Waals surface area contributed by atoms with E-state index in [0.717, 1.165) is 27.8 Å². The van der Waals surface area contributed by atoms with Gasteiger partial charge in [-0.3, -0.25) is 9.59 Å². The van der Waals surface area contributed by atoms with Gasteiger partial charge < -0.3 is 26.8 Å². The fourth-order valence-corrected chi connectivity index (χ4v) is 4.11. The molecule has 1 unspecified atom stereocenters. The van der Waals surface area contributed by atoms with Gasteiger partial charge in [0.15, 0.2) is 0 Å². The minimum Gasteiger partial charge on any atom is -0.508 e. The van der Waals surface area contributed by atoms with Crippen LogP contribution in [-0.2, 0) is 29.0 Å². The van der Waals surface area contributed by atoms with Crippen molar-refractivity contribution in [1.29, 1.82) is 0 Å². The van der Waals surface area contributed by atoms with Crippen LogP contribution in [0.5, 0.6) is 5.75 Å². The molecule has 30 heavy (non-hydrogen) atoms. The van der Waals surface area contributed by atoms with Crippen LogP contribution < -0.4 is 16.8 Å². The molecule has 160 valence electrons. The van der Waals surface area contributed by atoms with Crippen LogP contribution >= 0.6 is 0 Å². The number of fused-ring (bicyclic) bond motifs is 1. The lowest BCUT2D eigenvalue weighted by atomic mass is 9.91. The Morgan fingerprint density at radius 3 is 2.47 bits per heavy atom. The van der Waals surface area contributed by atoms with Crippen molar-refractivity contribution in [3.05, 3.63) is 64.2 Å². The van der Waals surface area contributed by atoms with Crippen molar-refractivity contribution in [2.45, 2.75) is 45.3 Å². The van der Waals surface area contributed by atoms with Crippen molar-refractivity contribution < 1.29 is 14.7 Å². The van der Waals surface area contributed by atoms with Gasteiger partial charge in [-0.2, -0.15) is 0 Å². The summed E-state index contributed by atoms with van der Waals surface area (Å²) in [7, 11) is 0. The Morgan fingerprint density at radius 1 is 1.20 bits per heavy atom. The van der Waals surface area contributed by atoms with Crippen LogP contribution in [0.1, 0.15) is 27.8 Å². The smallest absolute Gasteiger partial charge is 0.243 e. The lowest BCUT2D eigenvalue weighted by Crippen LogP contribution is -2.57. The highest BCUT2D eigenvalue weighted by Gasteiger charge is 2.36. The van der Waals surface area contributed by atoms with Gasteiger partial charge in [0.1, 0.15) is 11.8 Å². The van der Waals surface area contributed by atoms with Crippen LogP contribution in [0.15, 0.2) is 36.4 Å². The standard InChI is InChI=1S/C23H30N4O3/c1-14-9-18(28)10-15(2)19(14)12-20(25)23(30)27-13-17-6-4-3-5-16(17)11-21(27)22(29)26-8-7-24/h3-6,9-10,20-21,28H,7-8,11-13,24-25H2,1-2H3,(H,26,29)/t20-,21?/m0/s1. The third-order valence-electron chi connectivity index (χ3n) is 5.70. The van der Waals surface area contributed by atoms with Gasteiger partial charge in [0.25, 0.3) is 0 Å². The number of benzene rings is 2. The predicted molar refractivity (Wildman–Crippen MR) is 116 cm³/mol. The van der Waals surface area contributed by atoms with Crippen molar-refractivity contribution in [3.8, 4) is 5.75 Å². The number of nitrogens with two attached hydrogens (primary N) is 2. The number of carbonyl (C=O) groups excluding carboxylic acids is 2. The zero-order valence-corrected chi connectivity index (χ0v) is 17.5. The number of phenols is 1. The average Bonchev–Trinajstić information content (AvgIpc) is 2.72. The summed E-state index contributed by atoms with van der Waals surface area (Å²) < 4.78 is 0. The average molecular weight is 411 g/mol. The van der Waals surface area contributed by atoms with Crippen LogP contribution in [0.2, 0.25) is 0 Å². The molecule has 2 atom stereocenters. The Balaban J connectivity index is 1.84. The molecule has 7 nitrogen and oxygen atoms in total. The highest BCUT2D eigenvalue weighted by atomic mass is 16.3. The largest absolute Gasteiger partial charge is 0.508 e. The van der Waals surface area contributed by atoms with E-state index >= 15 is 0 Å². The number of phenolic OH excluding ortho intramolecular Hbond substituents is 1. The maximum atomic E-state index is 13.3. The first-order valence-electron chi connectivity index (χ1n) is 10.2. The zero-order valence-electron chi connectivity index (χ0n) is 17.5. The number of nitrogens with zero attached hydrogens (tertiary/aromatic N) is 1. The van der Waals surface area contributed by atoms with Crippen LogP contribution in [0.4, 0.5) is 0 Å². The lowest BCUT2D eigenvalue weighted by molar-refractivity contribution is -0.142. The Hall–Kier alpha value is -2.90. The lowest BCUT2D eigenvalue weighted by Gasteiger charge is -2.37. The van der Waals surface area contributed by atoms with Gasteiger partial charge in [-0.25, -0.2) is 0 Å². The van der Waals surface area contributed by atoms with Crippen molar-refractivity contribution in [1.82, 2.24) is 10.2 Å². The molecular weight excluding hydrogens is 380 g/mol. The topological polar surface area (TPSA) is 122 Å². The van der Waals surface area contributed by atoms with Crippen molar-refractivity contribution in [2.24, 2.45) is 11.5 Å². The SMILES string of the molecule is Cc1cc(O)cc(C)c1C[C@H](N)C(=O)N1Cc2ccccc2CC1C(=O)NCCN. The normalized spacial score (nSPS) is 16.7. The number of hydrogen-bond donors (Lipinski definition) is 4. The molecule has 0 aromatic heterocycles. The summed E-state index contributed by atoms with van der Waals surface area (Å²) in [4.78, 5) is 27.7. The minimum absolute atomic E-state index is 0.193. The number of amides is 2. The van der Waals surface area contributed by atoms with Gasteiger partial charge in [0.2, 0.25) is 11.8 Å². The highest BCUT2D eigenvalue weighted by molar-refractivity contribution is 5.90. The quantitative estimate of drug-likeness (QED) is 0.564. The summed E-state index contributed by atoms with van der Waals surface area (Å²) in [6.07, 6.45) is 0.786. The number of carbonyl (C=O) groups is 2. The molecule has 1 aliphatic rings. The number of nitrogens with one attached hydrogen (secondary N) is 1. The van der Waals surface area contributed by atoms with Crippen LogP contribution in [0.3, 0.4) is 0 Å². The molecule has 2 amide bonds. The minimum atomic E-state index is -0.790. The van der Waals surface area contributed by atoms with Crippen molar-refractivity contribution in [2.75, 3.05) is 13.1 Å². The zero-order chi connectivity index (χ0) is 21.8. The molecule has 0 spiro atoms. The molecular formula is C23H30N4O3. The molecule has 0 fully saturated rings. The maximum Gasteiger partial charge on any atom is 0.243 e. The van der Waals surface area contributed by atoms with E-state index in [-0.39, 0.29) is 17.6 Å². The van der Waals surface area contributed by atoms with E-state index in [1.807, 2.05) is 38.1 Å². The Morgan fingerprint density at radius 2 is 1.83 bits per heavy atom. The molecule has 6 N–H and O–H groups in total. The van der Waals surface area contributed by atoms with Gasteiger partial charge in [0.05, 0.1) is 6.04 Å². The number of rotatable bonds is 6. The van der Waals surface area contributed by atoms with Crippen LogP contribution in [0, 0.1) is 13.8 Å². The predicted octanol–water partition coefficient (Wildman–Crippen LogP) is 0.907. The van der Waals surface area contributed by atoms with Gasteiger partial charge >= 0.3 is 0 Å². The molecule has 0 aliphatic carbocycles. The third kappa shape index (κ3) is 4.63. The van der Waals surface area contributed by atoms with E-state index in [4.69, 9.17) is 11.5 Å². The third-order valence-corrected chi connectivity index (χ3v) is 5.70. The maximum absolute atomic E-state index is 13.3. The molecule has 0 bridgehead atoms. The molecule has 2 aromatic rings. The number of aryl methyl sites for hydroxylation is 2. The molecule has 3 rings (SSSR count). The monoisotopic (exact) mass is 410 g/mol. The van der Waals surface area contributed by atoms with E-state index in [9.17, 15) is 14.7 Å². The Labute approximate surface area is 177 Å². The van der Waals surface area contributed by atoms with E-state index in [1.54, 1.807) is 17.0 Å². The van der Waals surface area contributed by atoms with E-state index in [0.29, 0.717) is 32.5 Å². The highest BCUT2D eigenvalue weighted by Crippen LogP contribution is 2.26. The second-order valence-corrected chi connectivity index (χ2v) is 7.90. The van der Waals surface area contributed by atoms with Gasteiger partial charge in [0, 0.05) is 26.1 Å². The Kier molecular flexibility index (Phi) is 6.74.